The molecule has 0 unspecified atom stereocenters. The number of alkyl halides is 3. The fourth-order valence-corrected chi connectivity index (χ4v) is 2.84. The lowest BCUT2D eigenvalue weighted by molar-refractivity contribution is -0.197. The van der Waals surface area contributed by atoms with Crippen molar-refractivity contribution in [2.24, 2.45) is 4.99 Å². The van der Waals surface area contributed by atoms with E-state index in [1.807, 2.05) is 0 Å². The van der Waals surface area contributed by atoms with E-state index < -0.39 is 23.8 Å². The molecule has 2 aromatic rings. The highest BCUT2D eigenvalue weighted by Crippen LogP contribution is 2.39. The second kappa shape index (κ2) is 7.90. The summed E-state index contributed by atoms with van der Waals surface area (Å²) in [6, 6.07) is 11.2. The van der Waals surface area contributed by atoms with E-state index in [9.17, 15) is 22.8 Å². The summed E-state index contributed by atoms with van der Waals surface area (Å²) >= 11 is 0. The van der Waals surface area contributed by atoms with Gasteiger partial charge in [0, 0.05) is 18.0 Å². The summed E-state index contributed by atoms with van der Waals surface area (Å²) in [6.45, 7) is 1.06. The van der Waals surface area contributed by atoms with Crippen molar-refractivity contribution in [2.45, 2.75) is 25.3 Å². The monoisotopic (exact) mass is 406 g/mol. The highest BCUT2D eigenvalue weighted by molar-refractivity contribution is 6.16. The highest BCUT2D eigenvalue weighted by Gasteiger charge is 2.67. The van der Waals surface area contributed by atoms with E-state index in [4.69, 9.17) is 0 Å². The van der Waals surface area contributed by atoms with Gasteiger partial charge in [-0.25, -0.2) is 9.79 Å². The van der Waals surface area contributed by atoms with Crippen molar-refractivity contribution in [1.29, 1.82) is 0 Å². The van der Waals surface area contributed by atoms with Crippen LogP contribution in [0.3, 0.4) is 0 Å². The molecule has 0 aliphatic carbocycles. The summed E-state index contributed by atoms with van der Waals surface area (Å²) in [5, 5.41) is 1.62. The Morgan fingerprint density at radius 2 is 1.93 bits per heavy atom. The molecule has 0 fully saturated rings. The molecular weight excluding hydrogens is 389 g/mol. The smallest absolute Gasteiger partial charge is 0.442 e. The number of pyridine rings is 1. The zero-order valence-corrected chi connectivity index (χ0v) is 15.3. The Bertz CT molecular complexity index is 919. The Hall–Kier alpha value is -3.43. The maximum Gasteiger partial charge on any atom is 0.442 e. The first-order chi connectivity index (χ1) is 13.8. The Labute approximate surface area is 164 Å². The van der Waals surface area contributed by atoms with Crippen LogP contribution in [0.15, 0.2) is 59.9 Å². The molecule has 1 atom stereocenters. The summed E-state index contributed by atoms with van der Waals surface area (Å²) in [4.78, 5) is 33.3. The number of alkyl carbamates (subject to hydrolysis) is 1. The number of carbonyl (C=O) groups is 2. The van der Waals surface area contributed by atoms with Gasteiger partial charge < -0.3 is 4.74 Å². The summed E-state index contributed by atoms with van der Waals surface area (Å²) in [6.07, 6.45) is -3.65. The molecular formula is C19H17F3N4O3. The SMILES string of the molecule is CCOC(=O)N[C@]1(C(F)(F)F)N=C(c2ccccc2)N(Cc2cccnc2)C1=O. The number of amidine groups is 1. The van der Waals surface area contributed by atoms with Gasteiger partial charge in [-0.05, 0) is 18.6 Å². The van der Waals surface area contributed by atoms with Crippen LogP contribution in [0.5, 0.6) is 0 Å². The summed E-state index contributed by atoms with van der Waals surface area (Å²) < 4.78 is 46.7. The second-order valence-electron chi connectivity index (χ2n) is 6.11. The number of hydrogen-bond donors (Lipinski definition) is 1. The second-order valence-corrected chi connectivity index (χ2v) is 6.11. The molecule has 0 saturated heterocycles. The Kier molecular flexibility index (Phi) is 5.53. The number of carbonyl (C=O) groups excluding carboxylic acids is 2. The molecule has 2 amide bonds. The van der Waals surface area contributed by atoms with Crippen LogP contribution in [0.1, 0.15) is 18.1 Å². The summed E-state index contributed by atoms with van der Waals surface area (Å²) in [5.41, 5.74) is -2.69. The van der Waals surface area contributed by atoms with Crippen LogP contribution >= 0.6 is 0 Å². The maximum atomic E-state index is 14.0. The average molecular weight is 406 g/mol. The number of aliphatic imine (C=N–C) groups is 1. The molecule has 2 heterocycles. The lowest BCUT2D eigenvalue weighted by Gasteiger charge is -2.28. The number of aromatic nitrogens is 1. The van der Waals surface area contributed by atoms with Crippen LogP contribution in [0, 0.1) is 0 Å². The van der Waals surface area contributed by atoms with Gasteiger partial charge in [0.05, 0.1) is 13.2 Å². The summed E-state index contributed by atoms with van der Waals surface area (Å²) in [5.74, 6) is -1.64. The van der Waals surface area contributed by atoms with E-state index in [1.54, 1.807) is 35.6 Å². The van der Waals surface area contributed by atoms with Crippen LogP contribution in [0.2, 0.25) is 0 Å². The predicted octanol–water partition coefficient (Wildman–Crippen LogP) is 2.88. The van der Waals surface area contributed by atoms with E-state index in [0.29, 0.717) is 11.1 Å². The van der Waals surface area contributed by atoms with E-state index in [0.717, 1.165) is 4.90 Å². The molecule has 0 spiro atoms. The minimum absolute atomic E-state index is 0.164. The van der Waals surface area contributed by atoms with Crippen molar-refractivity contribution in [3.63, 3.8) is 0 Å². The van der Waals surface area contributed by atoms with Crippen LogP contribution in [0.4, 0.5) is 18.0 Å². The number of rotatable bonds is 5. The van der Waals surface area contributed by atoms with E-state index in [1.165, 1.54) is 31.5 Å². The number of halogens is 3. The summed E-state index contributed by atoms with van der Waals surface area (Å²) in [7, 11) is 0. The minimum Gasteiger partial charge on any atom is -0.450 e. The molecule has 1 aromatic heterocycles. The molecule has 0 saturated carbocycles. The highest BCUT2D eigenvalue weighted by atomic mass is 19.4. The molecule has 1 N–H and O–H groups in total. The molecule has 1 aliphatic heterocycles. The number of amides is 2. The molecule has 0 radical (unpaired) electrons. The van der Waals surface area contributed by atoms with Crippen molar-refractivity contribution < 1.29 is 27.5 Å². The Balaban J connectivity index is 2.10. The number of ether oxygens (including phenoxy) is 1. The zero-order valence-electron chi connectivity index (χ0n) is 15.3. The molecule has 0 bridgehead atoms. The number of benzene rings is 1. The third-order valence-electron chi connectivity index (χ3n) is 4.15. The van der Waals surface area contributed by atoms with E-state index in [-0.39, 0.29) is 19.0 Å². The lowest BCUT2D eigenvalue weighted by Crippen LogP contribution is -2.63. The molecule has 1 aromatic carbocycles. The fourth-order valence-electron chi connectivity index (χ4n) is 2.84. The minimum atomic E-state index is -5.19. The van der Waals surface area contributed by atoms with Gasteiger partial charge in [-0.15, -0.1) is 0 Å². The number of nitrogens with one attached hydrogen (secondary N) is 1. The van der Waals surface area contributed by atoms with Crippen LogP contribution in [-0.2, 0) is 16.1 Å². The van der Waals surface area contributed by atoms with Crippen molar-refractivity contribution in [3.05, 3.63) is 66.0 Å². The third-order valence-corrected chi connectivity index (χ3v) is 4.15. The van der Waals surface area contributed by atoms with E-state index in [2.05, 4.69) is 14.7 Å². The first-order valence-corrected chi connectivity index (χ1v) is 8.66. The average Bonchev–Trinajstić information content (AvgIpc) is 2.97. The van der Waals surface area contributed by atoms with E-state index >= 15 is 0 Å². The number of hydrogen-bond acceptors (Lipinski definition) is 5. The molecule has 7 nitrogen and oxygen atoms in total. The molecule has 10 heteroatoms. The van der Waals surface area contributed by atoms with Crippen LogP contribution < -0.4 is 5.32 Å². The first kappa shape index (κ1) is 20.3. The van der Waals surface area contributed by atoms with Gasteiger partial charge >= 0.3 is 17.9 Å². The predicted molar refractivity (Wildman–Crippen MR) is 96.7 cm³/mol. The topological polar surface area (TPSA) is 83.9 Å². The lowest BCUT2D eigenvalue weighted by atomic mass is 10.1. The quantitative estimate of drug-likeness (QED) is 0.828. The van der Waals surface area contributed by atoms with Gasteiger partial charge in [0.15, 0.2) is 0 Å². The third kappa shape index (κ3) is 3.91. The van der Waals surface area contributed by atoms with Gasteiger partial charge in [0.1, 0.15) is 5.84 Å². The van der Waals surface area contributed by atoms with Crippen molar-refractivity contribution in [2.75, 3.05) is 6.61 Å². The molecule has 3 rings (SSSR count). The van der Waals surface area contributed by atoms with Crippen molar-refractivity contribution >= 4 is 17.8 Å². The molecule has 152 valence electrons. The van der Waals surface area contributed by atoms with Crippen LogP contribution in [0.25, 0.3) is 0 Å². The maximum absolute atomic E-state index is 14.0. The van der Waals surface area contributed by atoms with Crippen LogP contribution in [-0.4, -0.2) is 46.2 Å². The standard InChI is InChI=1S/C19H17F3N4O3/c1-2-29-17(28)25-18(19(20,21)22)16(27)26(12-13-7-6-10-23-11-13)15(24-18)14-8-4-3-5-9-14/h3-11H,2,12H2,1H3,(H,25,28)/t18-/m1/s1. The van der Waals surface area contributed by atoms with Gasteiger partial charge in [0.2, 0.25) is 0 Å². The largest absolute Gasteiger partial charge is 0.450 e. The molecule has 1 aliphatic rings. The normalized spacial score (nSPS) is 19.1. The Morgan fingerprint density at radius 1 is 1.21 bits per heavy atom. The zero-order chi connectivity index (χ0) is 21.1. The van der Waals surface area contributed by atoms with Gasteiger partial charge in [-0.1, -0.05) is 36.4 Å². The Morgan fingerprint density at radius 3 is 2.52 bits per heavy atom. The van der Waals surface area contributed by atoms with Gasteiger partial charge in [-0.2, -0.15) is 13.2 Å². The molecule has 29 heavy (non-hydrogen) atoms. The van der Waals surface area contributed by atoms with Gasteiger partial charge in [-0.3, -0.25) is 20.0 Å². The number of nitrogens with zero attached hydrogens (tertiary/aromatic N) is 3. The first-order valence-electron chi connectivity index (χ1n) is 8.66. The fraction of sp³-hybridized carbons (Fsp3) is 0.263. The van der Waals surface area contributed by atoms with Gasteiger partial charge in [0.25, 0.3) is 5.91 Å². The van der Waals surface area contributed by atoms with Crippen molar-refractivity contribution in [3.8, 4) is 0 Å². The van der Waals surface area contributed by atoms with Crippen molar-refractivity contribution in [1.82, 2.24) is 15.2 Å².